The van der Waals surface area contributed by atoms with E-state index in [4.69, 9.17) is 0 Å². The molecule has 1 aliphatic carbocycles. The van der Waals surface area contributed by atoms with Gasteiger partial charge in [-0.2, -0.15) is 0 Å². The number of hydrogen-bond acceptors (Lipinski definition) is 1. The number of fused-ring (bicyclic) bond motifs is 1. The molecule has 0 heterocycles. The molecule has 0 spiro atoms. The number of carbonyl (C=O) groups excluding carboxylic acids is 1. The molecule has 2 N–H and O–H groups in total. The lowest BCUT2D eigenvalue weighted by atomic mass is 10.0. The van der Waals surface area contributed by atoms with Crippen molar-refractivity contribution in [2.45, 2.75) is 45.6 Å². The summed E-state index contributed by atoms with van der Waals surface area (Å²) in [5, 5.41) is 5.81. The van der Waals surface area contributed by atoms with Crippen molar-refractivity contribution < 1.29 is 4.79 Å². The maximum atomic E-state index is 11.6. The average Bonchev–Trinajstić information content (AvgIpc) is 2.83. The predicted octanol–water partition coefficient (Wildman–Crippen LogP) is 2.95. The van der Waals surface area contributed by atoms with Gasteiger partial charge in [0.1, 0.15) is 0 Å². The van der Waals surface area contributed by atoms with Gasteiger partial charge in [-0.1, -0.05) is 25.1 Å². The van der Waals surface area contributed by atoms with Crippen LogP contribution in [0.1, 0.15) is 49.4 Å². The first-order valence-corrected chi connectivity index (χ1v) is 6.86. The molecule has 1 aliphatic rings. The topological polar surface area (TPSA) is 41.1 Å². The van der Waals surface area contributed by atoms with Gasteiger partial charge in [0.25, 0.3) is 0 Å². The van der Waals surface area contributed by atoms with Crippen molar-refractivity contribution in [3.8, 4) is 0 Å². The first kappa shape index (κ1) is 12.9. The van der Waals surface area contributed by atoms with E-state index < -0.39 is 0 Å². The molecule has 2 amide bonds. The van der Waals surface area contributed by atoms with E-state index in [-0.39, 0.29) is 12.1 Å². The molecule has 0 saturated carbocycles. The fraction of sp³-hybridized carbons (Fsp3) is 0.533. The van der Waals surface area contributed by atoms with Crippen LogP contribution >= 0.6 is 0 Å². The number of urea groups is 1. The number of hydrogen-bond donors (Lipinski definition) is 2. The molecule has 1 aromatic rings. The fourth-order valence-corrected chi connectivity index (χ4v) is 2.43. The Kier molecular flexibility index (Phi) is 4.24. The Morgan fingerprint density at radius 1 is 1.33 bits per heavy atom. The van der Waals surface area contributed by atoms with Gasteiger partial charge < -0.3 is 10.6 Å². The number of nitrogens with one attached hydrogen (secondary N) is 2. The number of benzene rings is 1. The van der Waals surface area contributed by atoms with Crippen LogP contribution < -0.4 is 10.6 Å². The van der Waals surface area contributed by atoms with Crippen molar-refractivity contribution in [1.82, 2.24) is 10.6 Å². The third-order valence-corrected chi connectivity index (χ3v) is 3.51. The standard InChI is InChI=1S/C15H22N2O/c1-3-9-16-15(18)17-11(2)13-8-7-12-5-4-6-14(12)10-13/h7-8,10-11H,3-6,9H2,1-2H3,(H2,16,17,18). The predicted molar refractivity (Wildman–Crippen MR) is 73.7 cm³/mol. The zero-order valence-corrected chi connectivity index (χ0v) is 11.3. The van der Waals surface area contributed by atoms with Crippen molar-refractivity contribution in [2.24, 2.45) is 0 Å². The molecule has 98 valence electrons. The molecule has 0 bridgehead atoms. The van der Waals surface area contributed by atoms with Crippen LogP contribution in [-0.2, 0) is 12.8 Å². The summed E-state index contributed by atoms with van der Waals surface area (Å²) in [7, 11) is 0. The maximum absolute atomic E-state index is 11.6. The smallest absolute Gasteiger partial charge is 0.315 e. The first-order valence-electron chi connectivity index (χ1n) is 6.86. The van der Waals surface area contributed by atoms with Gasteiger partial charge in [0.15, 0.2) is 0 Å². The minimum absolute atomic E-state index is 0.0627. The summed E-state index contributed by atoms with van der Waals surface area (Å²) in [5.74, 6) is 0. The zero-order valence-electron chi connectivity index (χ0n) is 11.3. The van der Waals surface area contributed by atoms with E-state index in [1.807, 2.05) is 13.8 Å². The zero-order chi connectivity index (χ0) is 13.0. The highest BCUT2D eigenvalue weighted by atomic mass is 16.2. The Labute approximate surface area is 109 Å². The molecular weight excluding hydrogens is 224 g/mol. The summed E-state index contributed by atoms with van der Waals surface area (Å²) in [6.07, 6.45) is 4.60. The second-order valence-corrected chi connectivity index (χ2v) is 5.00. The van der Waals surface area contributed by atoms with Gasteiger partial charge >= 0.3 is 6.03 Å². The quantitative estimate of drug-likeness (QED) is 0.842. The van der Waals surface area contributed by atoms with E-state index in [2.05, 4.69) is 28.8 Å². The molecule has 0 saturated heterocycles. The second kappa shape index (κ2) is 5.89. The fourth-order valence-electron chi connectivity index (χ4n) is 2.43. The van der Waals surface area contributed by atoms with Gasteiger partial charge in [-0.15, -0.1) is 0 Å². The van der Waals surface area contributed by atoms with E-state index in [1.165, 1.54) is 36.0 Å². The molecule has 0 radical (unpaired) electrons. The number of amides is 2. The Bertz CT molecular complexity index is 429. The Morgan fingerprint density at radius 3 is 2.89 bits per heavy atom. The highest BCUT2D eigenvalue weighted by Crippen LogP contribution is 2.25. The van der Waals surface area contributed by atoms with E-state index in [1.54, 1.807) is 0 Å². The summed E-state index contributed by atoms with van der Waals surface area (Å²) in [4.78, 5) is 11.6. The molecule has 1 unspecified atom stereocenters. The van der Waals surface area contributed by atoms with Crippen LogP contribution in [0.25, 0.3) is 0 Å². The van der Waals surface area contributed by atoms with Crippen LogP contribution in [0.4, 0.5) is 4.79 Å². The van der Waals surface area contributed by atoms with Crippen molar-refractivity contribution in [1.29, 1.82) is 0 Å². The van der Waals surface area contributed by atoms with E-state index in [0.717, 1.165) is 13.0 Å². The molecule has 0 aromatic heterocycles. The highest BCUT2D eigenvalue weighted by Gasteiger charge is 2.14. The van der Waals surface area contributed by atoms with Gasteiger partial charge in [0.2, 0.25) is 0 Å². The molecule has 3 heteroatoms. The molecule has 0 aliphatic heterocycles. The van der Waals surface area contributed by atoms with Gasteiger partial charge in [0, 0.05) is 6.54 Å². The summed E-state index contributed by atoms with van der Waals surface area (Å²) in [6, 6.07) is 6.57. The average molecular weight is 246 g/mol. The molecule has 3 nitrogen and oxygen atoms in total. The highest BCUT2D eigenvalue weighted by molar-refractivity contribution is 5.74. The van der Waals surface area contributed by atoms with E-state index in [0.29, 0.717) is 0 Å². The maximum Gasteiger partial charge on any atom is 0.315 e. The van der Waals surface area contributed by atoms with Crippen LogP contribution in [0.2, 0.25) is 0 Å². The third kappa shape index (κ3) is 3.03. The first-order chi connectivity index (χ1) is 8.70. The van der Waals surface area contributed by atoms with Crippen molar-refractivity contribution in [2.75, 3.05) is 6.54 Å². The molecule has 0 fully saturated rings. The SMILES string of the molecule is CCCNC(=O)NC(C)c1ccc2c(c1)CCC2. The van der Waals surface area contributed by atoms with Gasteiger partial charge in [-0.25, -0.2) is 4.79 Å². The summed E-state index contributed by atoms with van der Waals surface area (Å²) < 4.78 is 0. The number of rotatable bonds is 4. The summed E-state index contributed by atoms with van der Waals surface area (Å²) in [5.41, 5.74) is 4.12. The third-order valence-electron chi connectivity index (χ3n) is 3.51. The van der Waals surface area contributed by atoms with Crippen molar-refractivity contribution in [3.63, 3.8) is 0 Å². The lowest BCUT2D eigenvalue weighted by Crippen LogP contribution is -2.37. The largest absolute Gasteiger partial charge is 0.338 e. The van der Waals surface area contributed by atoms with Crippen molar-refractivity contribution in [3.05, 3.63) is 34.9 Å². The Balaban J connectivity index is 1.96. The lowest BCUT2D eigenvalue weighted by Gasteiger charge is -2.16. The minimum Gasteiger partial charge on any atom is -0.338 e. The van der Waals surface area contributed by atoms with Crippen LogP contribution in [0, 0.1) is 0 Å². The summed E-state index contributed by atoms with van der Waals surface area (Å²) >= 11 is 0. The van der Waals surface area contributed by atoms with Gasteiger partial charge in [0.05, 0.1) is 6.04 Å². The minimum atomic E-state index is -0.0788. The van der Waals surface area contributed by atoms with E-state index in [9.17, 15) is 4.79 Å². The molecule has 18 heavy (non-hydrogen) atoms. The normalized spacial score (nSPS) is 15.0. The Morgan fingerprint density at radius 2 is 2.11 bits per heavy atom. The monoisotopic (exact) mass is 246 g/mol. The number of aryl methyl sites for hydroxylation is 2. The van der Waals surface area contributed by atoms with Crippen molar-refractivity contribution >= 4 is 6.03 Å². The molecule has 2 rings (SSSR count). The number of carbonyl (C=O) groups is 1. The second-order valence-electron chi connectivity index (χ2n) is 5.00. The molecular formula is C15H22N2O. The summed E-state index contributed by atoms with van der Waals surface area (Å²) in [6.45, 7) is 4.80. The van der Waals surface area contributed by atoms with Gasteiger partial charge in [-0.05, 0) is 49.3 Å². The van der Waals surface area contributed by atoms with E-state index >= 15 is 0 Å². The van der Waals surface area contributed by atoms with Crippen LogP contribution in [-0.4, -0.2) is 12.6 Å². The van der Waals surface area contributed by atoms with Crippen LogP contribution in [0.5, 0.6) is 0 Å². The van der Waals surface area contributed by atoms with Crippen LogP contribution in [0.15, 0.2) is 18.2 Å². The van der Waals surface area contributed by atoms with Crippen LogP contribution in [0.3, 0.4) is 0 Å². The lowest BCUT2D eigenvalue weighted by molar-refractivity contribution is 0.238. The molecule has 1 aromatic carbocycles. The Hall–Kier alpha value is -1.51. The van der Waals surface area contributed by atoms with Gasteiger partial charge in [-0.3, -0.25) is 0 Å². The molecule has 1 atom stereocenters.